The fourth-order valence-electron chi connectivity index (χ4n) is 1.11. The van der Waals surface area contributed by atoms with Crippen LogP contribution in [0.5, 0.6) is 0 Å². The second-order valence-electron chi connectivity index (χ2n) is 2.90. The van der Waals surface area contributed by atoms with E-state index < -0.39 is 27.1 Å². The molecule has 0 aliphatic carbocycles. The van der Waals surface area contributed by atoms with Crippen molar-refractivity contribution in [1.29, 1.82) is 0 Å². The van der Waals surface area contributed by atoms with E-state index in [1.807, 2.05) is 0 Å². The van der Waals surface area contributed by atoms with Crippen molar-refractivity contribution >= 4 is 23.0 Å². The summed E-state index contributed by atoms with van der Waals surface area (Å²) < 4.78 is 0. The highest BCUT2D eigenvalue weighted by atomic mass is 16.6. The number of amides is 1. The molecule has 8 heteroatoms. The standard InChI is InChI=1S/C8H7N3O5/c1-5(12)9-6-2-3-7(10(13)14)8(4-6)11(15)16/h2-4H,1H3,(H,9,12). The Morgan fingerprint density at radius 2 is 1.75 bits per heavy atom. The first-order chi connectivity index (χ1) is 7.41. The lowest BCUT2D eigenvalue weighted by molar-refractivity contribution is -0.422. The van der Waals surface area contributed by atoms with Crippen molar-refractivity contribution in [3.05, 3.63) is 38.4 Å². The molecule has 1 rings (SSSR count). The van der Waals surface area contributed by atoms with Crippen molar-refractivity contribution in [2.24, 2.45) is 0 Å². The summed E-state index contributed by atoms with van der Waals surface area (Å²) in [6.07, 6.45) is 0. The van der Waals surface area contributed by atoms with Crippen LogP contribution in [0.4, 0.5) is 17.1 Å². The fourth-order valence-corrected chi connectivity index (χ4v) is 1.11. The van der Waals surface area contributed by atoms with Crippen molar-refractivity contribution in [3.63, 3.8) is 0 Å². The highest BCUT2D eigenvalue weighted by molar-refractivity contribution is 5.89. The molecule has 1 aromatic rings. The van der Waals surface area contributed by atoms with Crippen molar-refractivity contribution in [2.45, 2.75) is 6.92 Å². The minimum absolute atomic E-state index is 0.143. The Morgan fingerprint density at radius 1 is 1.19 bits per heavy atom. The second-order valence-corrected chi connectivity index (χ2v) is 2.90. The van der Waals surface area contributed by atoms with Crippen LogP contribution in [0.25, 0.3) is 0 Å². The molecule has 1 amide bonds. The molecule has 0 atom stereocenters. The van der Waals surface area contributed by atoms with E-state index in [0.717, 1.165) is 12.1 Å². The van der Waals surface area contributed by atoms with Crippen LogP contribution in [0, 0.1) is 20.2 Å². The molecule has 0 heterocycles. The first kappa shape index (κ1) is 11.6. The first-order valence-electron chi connectivity index (χ1n) is 4.12. The number of rotatable bonds is 3. The van der Waals surface area contributed by atoms with E-state index in [1.54, 1.807) is 0 Å². The Labute approximate surface area is 89.2 Å². The molecule has 0 radical (unpaired) electrons. The minimum Gasteiger partial charge on any atom is -0.326 e. The number of hydrogen-bond acceptors (Lipinski definition) is 5. The van der Waals surface area contributed by atoms with Crippen molar-refractivity contribution in [1.82, 2.24) is 0 Å². The van der Waals surface area contributed by atoms with E-state index in [4.69, 9.17) is 0 Å². The van der Waals surface area contributed by atoms with Crippen LogP contribution < -0.4 is 5.32 Å². The van der Waals surface area contributed by atoms with Gasteiger partial charge in [0.05, 0.1) is 9.85 Å². The topological polar surface area (TPSA) is 115 Å². The van der Waals surface area contributed by atoms with Gasteiger partial charge in [-0.25, -0.2) is 0 Å². The van der Waals surface area contributed by atoms with E-state index in [1.165, 1.54) is 13.0 Å². The van der Waals surface area contributed by atoms with E-state index in [0.29, 0.717) is 0 Å². The monoisotopic (exact) mass is 225 g/mol. The smallest absolute Gasteiger partial charge is 0.326 e. The summed E-state index contributed by atoms with van der Waals surface area (Å²) in [4.78, 5) is 30.0. The summed E-state index contributed by atoms with van der Waals surface area (Å²) in [5, 5.41) is 23.3. The van der Waals surface area contributed by atoms with E-state index in [-0.39, 0.29) is 5.69 Å². The molecule has 0 unspecified atom stereocenters. The van der Waals surface area contributed by atoms with Crippen molar-refractivity contribution in [2.75, 3.05) is 5.32 Å². The number of carbonyl (C=O) groups excluding carboxylic acids is 1. The fraction of sp³-hybridized carbons (Fsp3) is 0.125. The van der Waals surface area contributed by atoms with E-state index in [2.05, 4.69) is 5.32 Å². The van der Waals surface area contributed by atoms with Crippen LogP contribution in [0.3, 0.4) is 0 Å². The Bertz CT molecular complexity index is 471. The zero-order valence-electron chi connectivity index (χ0n) is 8.17. The second kappa shape index (κ2) is 4.34. The maximum absolute atomic E-state index is 10.7. The van der Waals surface area contributed by atoms with Gasteiger partial charge >= 0.3 is 11.4 Å². The zero-order chi connectivity index (χ0) is 12.3. The summed E-state index contributed by atoms with van der Waals surface area (Å²) in [6, 6.07) is 3.15. The third-order valence-electron chi connectivity index (χ3n) is 1.69. The maximum atomic E-state index is 10.7. The normalized spacial score (nSPS) is 9.56. The summed E-state index contributed by atoms with van der Waals surface area (Å²) in [5.74, 6) is -0.414. The van der Waals surface area contributed by atoms with Gasteiger partial charge in [0.1, 0.15) is 0 Å². The lowest BCUT2D eigenvalue weighted by atomic mass is 10.2. The lowest BCUT2D eigenvalue weighted by Gasteiger charge is -2.01. The number of nitro benzene ring substituents is 2. The Hall–Kier alpha value is -2.51. The number of hydrogen-bond donors (Lipinski definition) is 1. The molecule has 0 spiro atoms. The van der Waals surface area contributed by atoms with Gasteiger partial charge in [0.15, 0.2) is 0 Å². The van der Waals surface area contributed by atoms with Crippen LogP contribution in [0.15, 0.2) is 18.2 Å². The largest absolute Gasteiger partial charge is 0.348 e. The highest BCUT2D eigenvalue weighted by Crippen LogP contribution is 2.29. The zero-order valence-corrected chi connectivity index (χ0v) is 8.17. The predicted octanol–water partition coefficient (Wildman–Crippen LogP) is 1.46. The molecule has 84 valence electrons. The molecule has 0 aromatic heterocycles. The molecule has 0 saturated heterocycles. The van der Waals surface area contributed by atoms with E-state index >= 15 is 0 Å². The van der Waals surface area contributed by atoms with Crippen molar-refractivity contribution in [3.8, 4) is 0 Å². The molecule has 0 saturated carbocycles. The Kier molecular flexibility index (Phi) is 3.14. The SMILES string of the molecule is CC(=O)Nc1ccc([N+](=O)[O-])c([N+](=O)[O-])c1. The summed E-state index contributed by atoms with van der Waals surface area (Å²) in [5.41, 5.74) is -1.12. The van der Waals surface area contributed by atoms with Gasteiger partial charge in [-0.1, -0.05) is 0 Å². The van der Waals surface area contributed by atoms with Crippen LogP contribution >= 0.6 is 0 Å². The number of nitro groups is 2. The first-order valence-corrected chi connectivity index (χ1v) is 4.12. The maximum Gasteiger partial charge on any atom is 0.348 e. The summed E-state index contributed by atoms with van der Waals surface area (Å²) >= 11 is 0. The predicted molar refractivity (Wildman–Crippen MR) is 54.1 cm³/mol. The molecular formula is C8H7N3O5. The highest BCUT2D eigenvalue weighted by Gasteiger charge is 2.24. The quantitative estimate of drug-likeness (QED) is 0.617. The van der Waals surface area contributed by atoms with Gasteiger partial charge in [0.25, 0.3) is 0 Å². The number of carbonyl (C=O) groups is 1. The van der Waals surface area contributed by atoms with Gasteiger partial charge in [-0.15, -0.1) is 0 Å². The summed E-state index contributed by atoms with van der Waals surface area (Å²) in [7, 11) is 0. The van der Waals surface area contributed by atoms with Crippen molar-refractivity contribution < 1.29 is 14.6 Å². The molecule has 0 bridgehead atoms. The average molecular weight is 225 g/mol. The molecule has 8 nitrogen and oxygen atoms in total. The molecule has 0 aliphatic heterocycles. The summed E-state index contributed by atoms with van der Waals surface area (Å²) in [6.45, 7) is 1.23. The molecule has 0 fully saturated rings. The Balaban J connectivity index is 3.22. The van der Waals surface area contributed by atoms with Gasteiger partial charge in [0, 0.05) is 24.7 Å². The number of nitrogens with zero attached hydrogens (tertiary/aromatic N) is 2. The van der Waals surface area contributed by atoms with Crippen LogP contribution in [-0.4, -0.2) is 15.8 Å². The minimum atomic E-state index is -0.872. The average Bonchev–Trinajstić information content (AvgIpc) is 2.16. The van der Waals surface area contributed by atoms with Gasteiger partial charge in [0.2, 0.25) is 5.91 Å². The van der Waals surface area contributed by atoms with Gasteiger partial charge in [-0.3, -0.25) is 25.0 Å². The third kappa shape index (κ3) is 2.50. The van der Waals surface area contributed by atoms with Crippen LogP contribution in [0.2, 0.25) is 0 Å². The Morgan fingerprint density at radius 3 is 2.19 bits per heavy atom. The number of nitrogens with one attached hydrogen (secondary N) is 1. The van der Waals surface area contributed by atoms with Crippen LogP contribution in [-0.2, 0) is 4.79 Å². The molecule has 1 aromatic carbocycles. The number of anilines is 1. The van der Waals surface area contributed by atoms with E-state index in [9.17, 15) is 25.0 Å². The molecule has 1 N–H and O–H groups in total. The van der Waals surface area contributed by atoms with Crippen LogP contribution in [0.1, 0.15) is 6.92 Å². The molecule has 0 aliphatic rings. The number of benzene rings is 1. The van der Waals surface area contributed by atoms with Gasteiger partial charge < -0.3 is 5.32 Å². The lowest BCUT2D eigenvalue weighted by Crippen LogP contribution is -2.06. The van der Waals surface area contributed by atoms with Gasteiger partial charge in [-0.2, -0.15) is 0 Å². The van der Waals surface area contributed by atoms with Gasteiger partial charge in [-0.05, 0) is 6.07 Å². The molecule has 16 heavy (non-hydrogen) atoms. The molecular weight excluding hydrogens is 218 g/mol. The third-order valence-corrected chi connectivity index (χ3v) is 1.69.